The highest BCUT2D eigenvalue weighted by molar-refractivity contribution is 5.74. The van der Waals surface area contributed by atoms with Crippen LogP contribution in [-0.2, 0) is 0 Å². The fraction of sp³-hybridized carbons (Fsp3) is 0.105. The number of nitrogens with one attached hydrogen (secondary N) is 1. The summed E-state index contributed by atoms with van der Waals surface area (Å²) in [4.78, 5) is 3.38. The van der Waals surface area contributed by atoms with Crippen molar-refractivity contribution < 1.29 is 0 Å². The van der Waals surface area contributed by atoms with Gasteiger partial charge in [0.1, 0.15) is 6.07 Å². The second kappa shape index (κ2) is 5.30. The standard InChI is InChI=1S/C19H16N2/c1-13-3-7-15(8-4-13)18-11-17(12-20)19(21-18)16-9-5-14(2)6-10-16/h3-11,21H,1-2H3. The second-order valence-electron chi connectivity index (χ2n) is 5.32. The van der Waals surface area contributed by atoms with E-state index in [0.717, 1.165) is 22.5 Å². The minimum Gasteiger partial charge on any atom is -0.353 e. The Morgan fingerprint density at radius 3 is 1.86 bits per heavy atom. The minimum absolute atomic E-state index is 0.675. The van der Waals surface area contributed by atoms with Gasteiger partial charge in [-0.2, -0.15) is 5.26 Å². The zero-order valence-corrected chi connectivity index (χ0v) is 12.1. The lowest BCUT2D eigenvalue weighted by atomic mass is 10.1. The average Bonchev–Trinajstić information content (AvgIpc) is 2.93. The average molecular weight is 272 g/mol. The summed E-state index contributed by atoms with van der Waals surface area (Å²) < 4.78 is 0. The molecular formula is C19H16N2. The third kappa shape index (κ3) is 2.59. The maximum absolute atomic E-state index is 9.37. The zero-order valence-electron chi connectivity index (χ0n) is 12.1. The number of aryl methyl sites for hydroxylation is 2. The number of hydrogen-bond acceptors (Lipinski definition) is 1. The molecular weight excluding hydrogens is 256 g/mol. The monoisotopic (exact) mass is 272 g/mol. The van der Waals surface area contributed by atoms with E-state index < -0.39 is 0 Å². The van der Waals surface area contributed by atoms with E-state index in [4.69, 9.17) is 0 Å². The highest BCUT2D eigenvalue weighted by atomic mass is 14.7. The fourth-order valence-electron chi connectivity index (χ4n) is 2.38. The van der Waals surface area contributed by atoms with Crippen LogP contribution in [-0.4, -0.2) is 4.98 Å². The molecule has 0 aliphatic heterocycles. The predicted octanol–water partition coefficient (Wildman–Crippen LogP) is 4.84. The Morgan fingerprint density at radius 2 is 1.33 bits per heavy atom. The normalized spacial score (nSPS) is 10.3. The summed E-state index contributed by atoms with van der Waals surface area (Å²) in [7, 11) is 0. The van der Waals surface area contributed by atoms with Crippen molar-refractivity contribution in [2.45, 2.75) is 13.8 Å². The van der Waals surface area contributed by atoms with E-state index in [-0.39, 0.29) is 0 Å². The first kappa shape index (κ1) is 13.2. The van der Waals surface area contributed by atoms with E-state index in [1.807, 2.05) is 18.2 Å². The molecule has 2 aromatic carbocycles. The molecule has 3 aromatic rings. The van der Waals surface area contributed by atoms with Gasteiger partial charge in [0.25, 0.3) is 0 Å². The van der Waals surface area contributed by atoms with Gasteiger partial charge in [0.2, 0.25) is 0 Å². The number of aromatic amines is 1. The molecule has 0 amide bonds. The summed E-state index contributed by atoms with van der Waals surface area (Å²) in [6, 6.07) is 20.7. The molecule has 0 bridgehead atoms. The molecule has 0 unspecified atom stereocenters. The first-order valence-corrected chi connectivity index (χ1v) is 6.94. The molecule has 2 heteroatoms. The van der Waals surface area contributed by atoms with Crippen molar-refractivity contribution in [2.75, 3.05) is 0 Å². The highest BCUT2D eigenvalue weighted by Crippen LogP contribution is 2.28. The van der Waals surface area contributed by atoms with E-state index in [9.17, 15) is 5.26 Å². The van der Waals surface area contributed by atoms with Gasteiger partial charge < -0.3 is 4.98 Å². The lowest BCUT2D eigenvalue weighted by molar-refractivity contribution is 1.37. The Kier molecular flexibility index (Phi) is 3.33. The Hall–Kier alpha value is -2.79. The summed E-state index contributed by atoms with van der Waals surface area (Å²) in [5.41, 5.74) is 7.10. The van der Waals surface area contributed by atoms with Gasteiger partial charge in [0.05, 0.1) is 11.3 Å². The number of nitrogens with zero attached hydrogens (tertiary/aromatic N) is 1. The molecule has 1 heterocycles. The Morgan fingerprint density at radius 1 is 0.810 bits per heavy atom. The molecule has 1 aromatic heterocycles. The second-order valence-corrected chi connectivity index (χ2v) is 5.32. The molecule has 0 atom stereocenters. The lowest BCUT2D eigenvalue weighted by Crippen LogP contribution is -1.82. The quantitative estimate of drug-likeness (QED) is 0.712. The van der Waals surface area contributed by atoms with E-state index in [2.05, 4.69) is 61.3 Å². The van der Waals surface area contributed by atoms with Gasteiger partial charge in [-0.15, -0.1) is 0 Å². The van der Waals surface area contributed by atoms with Gasteiger partial charge in [-0.25, -0.2) is 0 Å². The summed E-state index contributed by atoms with van der Waals surface area (Å²) in [5, 5.41) is 9.37. The summed E-state index contributed by atoms with van der Waals surface area (Å²) >= 11 is 0. The van der Waals surface area contributed by atoms with Crippen molar-refractivity contribution >= 4 is 0 Å². The molecule has 0 aliphatic rings. The smallest absolute Gasteiger partial charge is 0.101 e. The van der Waals surface area contributed by atoms with Crippen LogP contribution >= 0.6 is 0 Å². The molecule has 3 rings (SSSR count). The molecule has 21 heavy (non-hydrogen) atoms. The third-order valence-corrected chi connectivity index (χ3v) is 3.64. The molecule has 102 valence electrons. The number of rotatable bonds is 2. The Bertz CT molecular complexity index is 800. The van der Waals surface area contributed by atoms with Gasteiger partial charge in [-0.3, -0.25) is 0 Å². The Balaban J connectivity index is 2.08. The van der Waals surface area contributed by atoms with Gasteiger partial charge in [0.15, 0.2) is 0 Å². The lowest BCUT2D eigenvalue weighted by Gasteiger charge is -2.01. The van der Waals surface area contributed by atoms with Gasteiger partial charge in [-0.1, -0.05) is 59.7 Å². The van der Waals surface area contributed by atoms with Crippen LogP contribution in [0.25, 0.3) is 22.5 Å². The molecule has 0 aliphatic carbocycles. The first-order chi connectivity index (χ1) is 10.2. The largest absolute Gasteiger partial charge is 0.353 e. The van der Waals surface area contributed by atoms with Crippen molar-refractivity contribution in [2.24, 2.45) is 0 Å². The van der Waals surface area contributed by atoms with E-state index >= 15 is 0 Å². The topological polar surface area (TPSA) is 39.6 Å². The van der Waals surface area contributed by atoms with Crippen LogP contribution in [0.5, 0.6) is 0 Å². The summed E-state index contributed by atoms with van der Waals surface area (Å²) in [5.74, 6) is 0. The van der Waals surface area contributed by atoms with E-state index in [1.165, 1.54) is 11.1 Å². The number of benzene rings is 2. The summed E-state index contributed by atoms with van der Waals surface area (Å²) in [6.07, 6.45) is 0. The molecule has 0 saturated carbocycles. The van der Waals surface area contributed by atoms with Crippen LogP contribution in [0, 0.1) is 25.2 Å². The van der Waals surface area contributed by atoms with E-state index in [0.29, 0.717) is 5.56 Å². The number of nitriles is 1. The molecule has 0 saturated heterocycles. The predicted molar refractivity (Wildman–Crippen MR) is 85.9 cm³/mol. The maximum Gasteiger partial charge on any atom is 0.101 e. The zero-order chi connectivity index (χ0) is 14.8. The van der Waals surface area contributed by atoms with Crippen LogP contribution in [0.3, 0.4) is 0 Å². The van der Waals surface area contributed by atoms with Crippen molar-refractivity contribution in [3.63, 3.8) is 0 Å². The molecule has 0 spiro atoms. The number of H-pyrrole nitrogens is 1. The van der Waals surface area contributed by atoms with Crippen molar-refractivity contribution in [1.29, 1.82) is 5.26 Å². The van der Waals surface area contributed by atoms with Crippen molar-refractivity contribution in [3.8, 4) is 28.6 Å². The number of hydrogen-bond donors (Lipinski definition) is 1. The Labute approximate surface area is 124 Å². The van der Waals surface area contributed by atoms with Crippen LogP contribution in [0.4, 0.5) is 0 Å². The number of aromatic nitrogens is 1. The minimum atomic E-state index is 0.675. The van der Waals surface area contributed by atoms with Crippen LogP contribution < -0.4 is 0 Å². The van der Waals surface area contributed by atoms with Crippen LogP contribution in [0.1, 0.15) is 16.7 Å². The third-order valence-electron chi connectivity index (χ3n) is 3.64. The highest BCUT2D eigenvalue weighted by Gasteiger charge is 2.11. The van der Waals surface area contributed by atoms with Crippen LogP contribution in [0.15, 0.2) is 54.6 Å². The summed E-state index contributed by atoms with van der Waals surface area (Å²) in [6.45, 7) is 4.12. The van der Waals surface area contributed by atoms with Crippen molar-refractivity contribution in [1.82, 2.24) is 4.98 Å². The molecule has 1 N–H and O–H groups in total. The first-order valence-electron chi connectivity index (χ1n) is 6.94. The van der Waals surface area contributed by atoms with Gasteiger partial charge in [-0.05, 0) is 31.0 Å². The maximum atomic E-state index is 9.37. The van der Waals surface area contributed by atoms with Crippen molar-refractivity contribution in [3.05, 3.63) is 71.3 Å². The molecule has 0 fully saturated rings. The van der Waals surface area contributed by atoms with Gasteiger partial charge >= 0.3 is 0 Å². The SMILES string of the molecule is Cc1ccc(-c2cc(C#N)c(-c3ccc(C)cc3)[nH]2)cc1. The fourth-order valence-corrected chi connectivity index (χ4v) is 2.38. The van der Waals surface area contributed by atoms with Crippen LogP contribution in [0.2, 0.25) is 0 Å². The van der Waals surface area contributed by atoms with Gasteiger partial charge in [0, 0.05) is 5.69 Å². The molecule has 0 radical (unpaired) electrons. The van der Waals surface area contributed by atoms with E-state index in [1.54, 1.807) is 0 Å². The molecule has 2 nitrogen and oxygen atoms in total.